The van der Waals surface area contributed by atoms with Gasteiger partial charge in [0.15, 0.2) is 5.82 Å². The molecule has 41 heavy (non-hydrogen) atoms. The lowest BCUT2D eigenvalue weighted by atomic mass is 10.1. The third-order valence-corrected chi connectivity index (χ3v) is 8.02. The summed E-state index contributed by atoms with van der Waals surface area (Å²) >= 11 is 7.48. The number of aryl methyl sites for hydroxylation is 1. The van der Waals surface area contributed by atoms with E-state index in [1.165, 1.54) is 10.9 Å². The van der Waals surface area contributed by atoms with Crippen molar-refractivity contribution in [2.24, 2.45) is 0 Å². The summed E-state index contributed by atoms with van der Waals surface area (Å²) in [6, 6.07) is 11.6. The molecule has 13 heteroatoms. The van der Waals surface area contributed by atoms with Crippen molar-refractivity contribution in [3.63, 3.8) is 0 Å². The molecule has 0 aliphatic rings. The average molecular weight is 629 g/mol. The number of hydrogen-bond acceptors (Lipinski definition) is 9. The van der Waals surface area contributed by atoms with Gasteiger partial charge in [-0.25, -0.2) is 22.6 Å². The molecule has 0 saturated carbocycles. The summed E-state index contributed by atoms with van der Waals surface area (Å²) in [6.45, 7) is 8.12. The number of rotatable bonds is 14. The first-order chi connectivity index (χ1) is 19.4. The molecule has 2 aromatic carbocycles. The highest BCUT2D eigenvalue weighted by Crippen LogP contribution is 2.34. The number of sulfonamides is 1. The first-order valence-electron chi connectivity index (χ1n) is 12.9. The van der Waals surface area contributed by atoms with Crippen molar-refractivity contribution < 1.29 is 36.6 Å². The van der Waals surface area contributed by atoms with Gasteiger partial charge in [0.1, 0.15) is 28.2 Å². The van der Waals surface area contributed by atoms with E-state index >= 15 is 4.39 Å². The third-order valence-electron chi connectivity index (χ3n) is 5.46. The summed E-state index contributed by atoms with van der Waals surface area (Å²) < 4.78 is 65.2. The zero-order valence-electron chi connectivity index (χ0n) is 23.3. The fourth-order valence-electron chi connectivity index (χ4n) is 3.63. The number of thiazole rings is 1. The number of carbonyl (C=O) groups is 1. The Bertz CT molecular complexity index is 1370. The summed E-state index contributed by atoms with van der Waals surface area (Å²) in [4.78, 5) is 16.0. The van der Waals surface area contributed by atoms with Gasteiger partial charge in [-0.05, 0) is 52.2 Å². The van der Waals surface area contributed by atoms with E-state index in [0.29, 0.717) is 37.0 Å². The van der Waals surface area contributed by atoms with E-state index in [4.69, 9.17) is 30.5 Å². The molecule has 1 unspecified atom stereocenters. The smallest absolute Gasteiger partial charge is 0.430 e. The highest BCUT2D eigenvalue weighted by molar-refractivity contribution is 7.93. The van der Waals surface area contributed by atoms with Gasteiger partial charge in [-0.1, -0.05) is 41.9 Å². The number of anilines is 1. The second-order valence-corrected chi connectivity index (χ2v) is 12.7. The number of benzene rings is 2. The molecular weight excluding hydrogens is 595 g/mol. The lowest BCUT2D eigenvalue weighted by molar-refractivity contribution is 0.0119. The Hall–Kier alpha value is -2.77. The molecule has 3 aromatic rings. The van der Waals surface area contributed by atoms with Gasteiger partial charge in [0, 0.05) is 18.1 Å². The summed E-state index contributed by atoms with van der Waals surface area (Å²) in [5.74, 6) is -1.45. The van der Waals surface area contributed by atoms with E-state index in [2.05, 4.69) is 4.98 Å². The molecule has 224 valence electrons. The molecule has 0 saturated heterocycles. The van der Waals surface area contributed by atoms with Gasteiger partial charge >= 0.3 is 6.09 Å². The van der Waals surface area contributed by atoms with Gasteiger partial charge in [0.25, 0.3) is 10.0 Å². The van der Waals surface area contributed by atoms with Crippen molar-refractivity contribution in [2.75, 3.05) is 30.7 Å². The minimum atomic E-state index is -4.81. The van der Waals surface area contributed by atoms with Gasteiger partial charge < -0.3 is 18.9 Å². The SMILES string of the molecule is CCOCCOCC(CCc1ccccc1)Oc1cc(F)c(S(=O)(=O)N(C(=O)OC(C)(C)C)c2cscn2)cc1Cl. The molecule has 0 aliphatic heterocycles. The summed E-state index contributed by atoms with van der Waals surface area (Å²) in [7, 11) is -4.81. The Labute approximate surface area is 249 Å². The second-order valence-electron chi connectivity index (χ2n) is 9.85. The monoisotopic (exact) mass is 628 g/mol. The molecule has 1 atom stereocenters. The average Bonchev–Trinajstić information content (AvgIpc) is 3.42. The number of aromatic nitrogens is 1. The normalized spacial score (nSPS) is 12.6. The van der Waals surface area contributed by atoms with Crippen LogP contribution in [0.1, 0.15) is 39.7 Å². The topological polar surface area (TPSA) is 104 Å². The van der Waals surface area contributed by atoms with Crippen molar-refractivity contribution >= 4 is 44.9 Å². The summed E-state index contributed by atoms with van der Waals surface area (Å²) in [6.07, 6.45) is -0.577. The number of nitrogens with zero attached hydrogens (tertiary/aromatic N) is 2. The number of halogens is 2. The van der Waals surface area contributed by atoms with Crippen LogP contribution in [0.25, 0.3) is 0 Å². The van der Waals surface area contributed by atoms with Crippen molar-refractivity contribution in [1.82, 2.24) is 4.98 Å². The Morgan fingerprint density at radius 2 is 1.85 bits per heavy atom. The minimum absolute atomic E-state index is 0.0629. The largest absolute Gasteiger partial charge is 0.486 e. The maximum Gasteiger partial charge on any atom is 0.430 e. The molecule has 1 amide bonds. The van der Waals surface area contributed by atoms with Gasteiger partial charge in [-0.15, -0.1) is 15.6 Å². The number of hydrogen-bond donors (Lipinski definition) is 0. The van der Waals surface area contributed by atoms with Crippen LogP contribution in [-0.2, 0) is 30.7 Å². The van der Waals surface area contributed by atoms with Crippen molar-refractivity contribution in [3.8, 4) is 5.75 Å². The Morgan fingerprint density at radius 1 is 1.15 bits per heavy atom. The Kier molecular flexibility index (Phi) is 11.9. The van der Waals surface area contributed by atoms with E-state index in [9.17, 15) is 13.2 Å². The number of carbonyl (C=O) groups excluding carboxylic acids is 1. The van der Waals surface area contributed by atoms with Gasteiger partial charge in [0.2, 0.25) is 0 Å². The molecule has 0 fully saturated rings. The number of ether oxygens (including phenoxy) is 4. The highest BCUT2D eigenvalue weighted by atomic mass is 35.5. The maximum atomic E-state index is 15.5. The first kappa shape index (κ1) is 32.7. The summed E-state index contributed by atoms with van der Waals surface area (Å²) in [5.41, 5.74) is 1.40. The Morgan fingerprint density at radius 3 is 2.49 bits per heavy atom. The van der Waals surface area contributed by atoms with Crippen molar-refractivity contribution in [1.29, 1.82) is 0 Å². The highest BCUT2D eigenvalue weighted by Gasteiger charge is 2.38. The molecular formula is C28H34ClFN2O7S2. The second kappa shape index (κ2) is 14.9. The van der Waals surface area contributed by atoms with Crippen LogP contribution >= 0.6 is 22.9 Å². The zero-order valence-corrected chi connectivity index (χ0v) is 25.7. The molecule has 0 radical (unpaired) electrons. The van der Waals surface area contributed by atoms with E-state index in [1.54, 1.807) is 20.8 Å². The summed E-state index contributed by atoms with van der Waals surface area (Å²) in [5, 5.41) is 1.17. The molecule has 1 heterocycles. The lowest BCUT2D eigenvalue weighted by Crippen LogP contribution is -2.41. The zero-order chi connectivity index (χ0) is 30.0. The van der Waals surface area contributed by atoms with Crippen molar-refractivity contribution in [2.45, 2.75) is 57.1 Å². The van der Waals surface area contributed by atoms with Crippen LogP contribution in [0.5, 0.6) is 5.75 Å². The molecule has 3 rings (SSSR count). The Balaban J connectivity index is 1.86. The van der Waals surface area contributed by atoms with E-state index in [-0.39, 0.29) is 23.2 Å². The molecule has 0 spiro atoms. The third kappa shape index (κ3) is 9.64. The van der Waals surface area contributed by atoms with E-state index < -0.39 is 38.5 Å². The minimum Gasteiger partial charge on any atom is -0.486 e. The van der Waals surface area contributed by atoms with Crippen LogP contribution in [0.2, 0.25) is 5.02 Å². The fourth-order valence-corrected chi connectivity index (χ4v) is 5.83. The molecule has 0 bridgehead atoms. The van der Waals surface area contributed by atoms with E-state index in [0.717, 1.165) is 29.0 Å². The van der Waals surface area contributed by atoms with Gasteiger partial charge in [-0.2, -0.15) is 0 Å². The van der Waals surface area contributed by atoms with Crippen LogP contribution in [0.4, 0.5) is 15.0 Å². The van der Waals surface area contributed by atoms with E-state index in [1.807, 2.05) is 37.3 Å². The molecule has 0 aliphatic carbocycles. The maximum absolute atomic E-state index is 15.5. The molecule has 9 nitrogen and oxygen atoms in total. The molecule has 0 N–H and O–H groups in total. The predicted octanol–water partition coefficient (Wildman–Crippen LogP) is 6.50. The van der Waals surface area contributed by atoms with Crippen LogP contribution in [-0.4, -0.2) is 57.6 Å². The van der Waals surface area contributed by atoms with Crippen LogP contribution in [0, 0.1) is 5.82 Å². The molecule has 1 aromatic heterocycles. The van der Waals surface area contributed by atoms with Crippen LogP contribution < -0.4 is 9.04 Å². The standard InChI is InChI=1S/C28H34ClFN2O7S2/c1-5-36-13-14-37-17-21(12-11-20-9-7-6-8-10-20)38-24-16-23(30)25(15-22(24)29)41(34,35)32(26-18-40-19-31-26)27(33)39-28(2,3)4/h6-10,15-16,18-19,21H,5,11-14,17H2,1-4H3. The van der Waals surface area contributed by atoms with Crippen molar-refractivity contribution in [3.05, 3.63) is 69.8 Å². The van der Waals surface area contributed by atoms with Crippen LogP contribution in [0.3, 0.4) is 0 Å². The quantitative estimate of drug-likeness (QED) is 0.186. The van der Waals surface area contributed by atoms with Gasteiger partial charge in [-0.3, -0.25) is 0 Å². The predicted molar refractivity (Wildman–Crippen MR) is 156 cm³/mol. The van der Waals surface area contributed by atoms with Crippen LogP contribution in [0.15, 0.2) is 58.3 Å². The number of amides is 1. The van der Waals surface area contributed by atoms with Gasteiger partial charge in [0.05, 0.1) is 30.4 Å². The first-order valence-corrected chi connectivity index (χ1v) is 15.7. The fraction of sp³-hybridized carbons (Fsp3) is 0.429. The lowest BCUT2D eigenvalue weighted by Gasteiger charge is -2.26.